The number of carbonyl (C=O) groups is 2. The molecule has 0 spiro atoms. The van der Waals surface area contributed by atoms with Gasteiger partial charge < -0.3 is 14.5 Å². The van der Waals surface area contributed by atoms with Crippen LogP contribution in [-0.2, 0) is 14.3 Å². The van der Waals surface area contributed by atoms with Crippen LogP contribution in [0.4, 0.5) is 0 Å². The van der Waals surface area contributed by atoms with Gasteiger partial charge in [-0.1, -0.05) is 12.1 Å². The predicted octanol–water partition coefficient (Wildman–Crippen LogP) is 1.67. The van der Waals surface area contributed by atoms with Crippen molar-refractivity contribution in [3.8, 4) is 0 Å². The highest BCUT2D eigenvalue weighted by molar-refractivity contribution is 7.18. The van der Waals surface area contributed by atoms with Gasteiger partial charge >= 0.3 is 5.97 Å². The first-order valence-electron chi connectivity index (χ1n) is 9.61. The van der Waals surface area contributed by atoms with Crippen molar-refractivity contribution < 1.29 is 19.2 Å². The Morgan fingerprint density at radius 3 is 2.70 bits per heavy atom. The van der Waals surface area contributed by atoms with E-state index >= 15 is 0 Å². The Labute approximate surface area is 164 Å². The maximum absolute atomic E-state index is 12.7. The zero-order valence-corrected chi connectivity index (χ0v) is 17.1. The van der Waals surface area contributed by atoms with E-state index in [4.69, 9.17) is 4.74 Å². The number of hydrogen-bond donors (Lipinski definition) is 1. The molecule has 1 N–H and O–H groups in total. The molecule has 1 fully saturated rings. The third-order valence-electron chi connectivity index (χ3n) is 5.36. The number of nitrogens with zero attached hydrogens (tertiary/aromatic N) is 2. The van der Waals surface area contributed by atoms with E-state index in [1.54, 1.807) is 16.2 Å². The number of fused-ring (bicyclic) bond motifs is 1. The Morgan fingerprint density at radius 1 is 1.33 bits per heavy atom. The number of aromatic nitrogens is 1. The molecule has 1 aliphatic heterocycles. The molecule has 1 aliphatic rings. The summed E-state index contributed by atoms with van der Waals surface area (Å²) in [5.74, 6) is 0.0130. The van der Waals surface area contributed by atoms with Gasteiger partial charge in [-0.05, 0) is 26.0 Å². The summed E-state index contributed by atoms with van der Waals surface area (Å²) < 4.78 is 6.26. The van der Waals surface area contributed by atoms with E-state index in [2.05, 4.69) is 11.1 Å². The van der Waals surface area contributed by atoms with Gasteiger partial charge in [0.2, 0.25) is 0 Å². The minimum atomic E-state index is -0.0931. The number of nitrogens with one attached hydrogen (secondary N) is 1. The number of quaternary nitrogens is 1. The zero-order chi connectivity index (χ0) is 19.4. The Kier molecular flexibility index (Phi) is 6.44. The topological polar surface area (TPSA) is 63.9 Å². The predicted molar refractivity (Wildman–Crippen MR) is 106 cm³/mol. The lowest BCUT2D eigenvalue weighted by atomic mass is 9.97. The van der Waals surface area contributed by atoms with Crippen LogP contribution in [0.2, 0.25) is 0 Å². The van der Waals surface area contributed by atoms with Crippen LogP contribution in [0, 0.1) is 5.92 Å². The number of ether oxygens (including phenoxy) is 1. The molecule has 7 heteroatoms. The molecule has 0 bridgehead atoms. The second kappa shape index (κ2) is 8.80. The highest BCUT2D eigenvalue weighted by Gasteiger charge is 2.31. The molecule has 0 unspecified atom stereocenters. The fourth-order valence-electron chi connectivity index (χ4n) is 3.49. The number of likely N-dealkylation sites (tertiary alicyclic amines) is 1. The van der Waals surface area contributed by atoms with Crippen molar-refractivity contribution in [2.75, 3.05) is 33.3 Å². The lowest BCUT2D eigenvalue weighted by Crippen LogP contribution is -3.14. The molecule has 3 rings (SSSR count). The largest absolute Gasteiger partial charge is 0.466 e. The standard InChI is InChI=1S/C20H27N3O3S/c1-4-26-20(25)15-9-11-23(12-10-15)13-18(24)22(3)14(2)19-21-16-7-5-6-8-17(16)27-19/h5-8,14-15H,4,9-13H2,1-3H3/p+1/t14-/m0/s1. The summed E-state index contributed by atoms with van der Waals surface area (Å²) in [6, 6.07) is 8.00. The zero-order valence-electron chi connectivity index (χ0n) is 16.2. The van der Waals surface area contributed by atoms with Crippen molar-refractivity contribution in [1.29, 1.82) is 0 Å². The van der Waals surface area contributed by atoms with Crippen LogP contribution >= 0.6 is 11.3 Å². The quantitative estimate of drug-likeness (QED) is 0.762. The van der Waals surface area contributed by atoms with Crippen molar-refractivity contribution in [3.63, 3.8) is 0 Å². The molecule has 1 aromatic carbocycles. The third-order valence-corrected chi connectivity index (χ3v) is 6.56. The van der Waals surface area contributed by atoms with Gasteiger partial charge in [-0.15, -0.1) is 11.3 Å². The Morgan fingerprint density at radius 2 is 2.04 bits per heavy atom. The lowest BCUT2D eigenvalue weighted by Gasteiger charge is -2.30. The number of thiazole rings is 1. The van der Waals surface area contributed by atoms with Crippen molar-refractivity contribution in [2.24, 2.45) is 5.92 Å². The summed E-state index contributed by atoms with van der Waals surface area (Å²) in [7, 11) is 1.85. The molecule has 1 atom stereocenters. The highest BCUT2D eigenvalue weighted by atomic mass is 32.1. The summed E-state index contributed by atoms with van der Waals surface area (Å²) in [6.07, 6.45) is 1.58. The maximum atomic E-state index is 12.7. The van der Waals surface area contributed by atoms with E-state index in [0.717, 1.165) is 41.2 Å². The monoisotopic (exact) mass is 390 g/mol. The number of hydrogen-bond acceptors (Lipinski definition) is 5. The van der Waals surface area contributed by atoms with E-state index in [0.29, 0.717) is 13.2 Å². The smallest absolute Gasteiger partial charge is 0.309 e. The van der Waals surface area contributed by atoms with Gasteiger partial charge in [0.1, 0.15) is 5.01 Å². The van der Waals surface area contributed by atoms with Crippen molar-refractivity contribution >= 4 is 33.4 Å². The van der Waals surface area contributed by atoms with Gasteiger partial charge in [0.05, 0.1) is 41.9 Å². The molecule has 0 aliphatic carbocycles. The molecule has 146 valence electrons. The van der Waals surface area contributed by atoms with Crippen LogP contribution in [0.3, 0.4) is 0 Å². The van der Waals surface area contributed by atoms with Crippen molar-refractivity contribution in [1.82, 2.24) is 9.88 Å². The van der Waals surface area contributed by atoms with Crippen molar-refractivity contribution in [2.45, 2.75) is 32.7 Å². The molecule has 1 saturated heterocycles. The fourth-order valence-corrected chi connectivity index (χ4v) is 4.55. The molecular weight excluding hydrogens is 362 g/mol. The van der Waals surface area contributed by atoms with Crippen LogP contribution in [0.1, 0.15) is 37.7 Å². The molecule has 0 saturated carbocycles. The number of likely N-dealkylation sites (N-methyl/N-ethyl adjacent to an activating group) is 1. The summed E-state index contributed by atoms with van der Waals surface area (Å²) in [5.41, 5.74) is 0.983. The van der Waals surface area contributed by atoms with Gasteiger partial charge in [0, 0.05) is 19.9 Å². The SMILES string of the molecule is CCOC(=O)C1CC[NH+](CC(=O)N(C)[C@@H](C)c2nc3ccccc3s2)CC1. The number of amides is 1. The number of esters is 1. The van der Waals surface area contributed by atoms with Gasteiger partial charge in [-0.2, -0.15) is 0 Å². The first-order chi connectivity index (χ1) is 13.0. The van der Waals surface area contributed by atoms with Gasteiger partial charge in [-0.25, -0.2) is 4.98 Å². The Hall–Kier alpha value is -1.99. The van der Waals surface area contributed by atoms with Crippen molar-refractivity contribution in [3.05, 3.63) is 29.3 Å². The Balaban J connectivity index is 1.54. The van der Waals surface area contributed by atoms with E-state index in [9.17, 15) is 9.59 Å². The van der Waals surface area contributed by atoms with Crippen LogP contribution in [0.25, 0.3) is 10.2 Å². The number of rotatable bonds is 6. The van der Waals surface area contributed by atoms with Crippen LogP contribution in [0.5, 0.6) is 0 Å². The van der Waals surface area contributed by atoms with Gasteiger partial charge in [0.15, 0.2) is 6.54 Å². The van der Waals surface area contributed by atoms with Gasteiger partial charge in [0.25, 0.3) is 5.91 Å². The summed E-state index contributed by atoms with van der Waals surface area (Å²) >= 11 is 1.64. The molecule has 1 amide bonds. The number of carbonyl (C=O) groups excluding carboxylic acids is 2. The fraction of sp³-hybridized carbons (Fsp3) is 0.550. The van der Waals surface area contributed by atoms with Crippen LogP contribution in [0.15, 0.2) is 24.3 Å². The van der Waals surface area contributed by atoms with Crippen LogP contribution in [-0.4, -0.2) is 55.0 Å². The van der Waals surface area contributed by atoms with E-state index in [-0.39, 0.29) is 23.8 Å². The molecular formula is C20H28N3O3S+. The molecule has 1 aromatic heterocycles. The average Bonchev–Trinajstić information content (AvgIpc) is 3.11. The number of benzene rings is 1. The molecule has 27 heavy (non-hydrogen) atoms. The molecule has 2 aromatic rings. The average molecular weight is 391 g/mol. The first-order valence-corrected chi connectivity index (χ1v) is 10.4. The van der Waals surface area contributed by atoms with E-state index in [1.165, 1.54) is 4.90 Å². The minimum Gasteiger partial charge on any atom is -0.466 e. The molecule has 2 heterocycles. The highest BCUT2D eigenvalue weighted by Crippen LogP contribution is 2.28. The minimum absolute atomic E-state index is 0.0109. The summed E-state index contributed by atoms with van der Waals surface area (Å²) in [5, 5.41) is 0.961. The normalized spacial score (nSPS) is 21.0. The summed E-state index contributed by atoms with van der Waals surface area (Å²) in [6.45, 7) is 6.41. The number of piperidine rings is 1. The third kappa shape index (κ3) is 4.65. The molecule has 0 radical (unpaired) electrons. The van der Waals surface area contributed by atoms with Crippen LogP contribution < -0.4 is 4.90 Å². The number of para-hydroxylation sites is 1. The van der Waals surface area contributed by atoms with E-state index < -0.39 is 0 Å². The van der Waals surface area contributed by atoms with Gasteiger partial charge in [-0.3, -0.25) is 9.59 Å². The first kappa shape index (κ1) is 19.8. The second-order valence-electron chi connectivity index (χ2n) is 7.15. The lowest BCUT2D eigenvalue weighted by molar-refractivity contribution is -0.898. The Bertz CT molecular complexity index is 766. The molecule has 6 nitrogen and oxygen atoms in total. The van der Waals surface area contributed by atoms with E-state index in [1.807, 2.05) is 39.1 Å². The second-order valence-corrected chi connectivity index (χ2v) is 8.22. The summed E-state index contributed by atoms with van der Waals surface area (Å²) in [4.78, 5) is 32.3. The maximum Gasteiger partial charge on any atom is 0.309 e.